The third kappa shape index (κ3) is 5.04. The number of amides is 1. The number of nitrogens with two attached hydrogens (primary N) is 1. The Morgan fingerprint density at radius 3 is 2.61 bits per heavy atom. The number of esters is 1. The normalized spacial score (nSPS) is 14.6. The molecule has 11 heteroatoms. The van der Waals surface area contributed by atoms with Gasteiger partial charge < -0.3 is 24.5 Å². The van der Waals surface area contributed by atoms with Crippen LogP contribution in [0.15, 0.2) is 47.3 Å². The molecule has 1 aliphatic heterocycles. The number of piperidine rings is 1. The zero-order chi connectivity index (χ0) is 27.0. The van der Waals surface area contributed by atoms with E-state index >= 15 is 0 Å². The number of methoxy groups -OCH3 is 1. The summed E-state index contributed by atoms with van der Waals surface area (Å²) in [6, 6.07) is 7.09. The first kappa shape index (κ1) is 25.2. The molecule has 0 radical (unpaired) electrons. The van der Waals surface area contributed by atoms with E-state index in [1.807, 2.05) is 37.7 Å². The number of oxazole rings is 1. The number of nitrogen functional groups attached to an aromatic ring is 1. The molecule has 1 saturated heterocycles. The summed E-state index contributed by atoms with van der Waals surface area (Å²) in [6.07, 6.45) is 6.68. The van der Waals surface area contributed by atoms with E-state index in [9.17, 15) is 9.59 Å². The standard InChI is InChI=1S/C27H30N6O5/c1-27(2,3)38-26(35)32-10-8-18(9-11-32)33-15-17(14-30-33)16-12-20(23(28)29-13-16)24-31-21-7-5-6-19(22(21)37-24)25(34)36-4/h5-7,12-15,18H,8-11H2,1-4H3,(H2,28,29). The van der Waals surface area contributed by atoms with Crippen LogP contribution in [0, 0.1) is 0 Å². The van der Waals surface area contributed by atoms with Gasteiger partial charge in [0.05, 0.1) is 24.9 Å². The lowest BCUT2D eigenvalue weighted by Crippen LogP contribution is -2.42. The van der Waals surface area contributed by atoms with Crippen LogP contribution in [0.4, 0.5) is 10.6 Å². The molecule has 1 aliphatic rings. The Labute approximate surface area is 219 Å². The number of aromatic nitrogens is 4. The summed E-state index contributed by atoms with van der Waals surface area (Å²) >= 11 is 0. The number of carbonyl (C=O) groups excluding carboxylic acids is 2. The van der Waals surface area contributed by atoms with Gasteiger partial charge >= 0.3 is 12.1 Å². The highest BCUT2D eigenvalue weighted by Crippen LogP contribution is 2.33. The van der Waals surface area contributed by atoms with E-state index in [-0.39, 0.29) is 29.4 Å². The Morgan fingerprint density at radius 2 is 1.89 bits per heavy atom. The van der Waals surface area contributed by atoms with Gasteiger partial charge in [0.2, 0.25) is 5.89 Å². The minimum atomic E-state index is -0.516. The Morgan fingerprint density at radius 1 is 1.13 bits per heavy atom. The number of fused-ring (bicyclic) bond motifs is 1. The first-order valence-corrected chi connectivity index (χ1v) is 12.4. The molecular weight excluding hydrogens is 488 g/mol. The van der Waals surface area contributed by atoms with Crippen molar-refractivity contribution in [3.8, 4) is 22.6 Å². The minimum absolute atomic E-state index is 0.164. The monoisotopic (exact) mass is 518 g/mol. The number of likely N-dealkylation sites (tertiary alicyclic amines) is 1. The van der Waals surface area contributed by atoms with Crippen molar-refractivity contribution in [3.63, 3.8) is 0 Å². The van der Waals surface area contributed by atoms with Crippen LogP contribution in [0.2, 0.25) is 0 Å². The summed E-state index contributed by atoms with van der Waals surface area (Å²) in [4.78, 5) is 35.1. The maximum Gasteiger partial charge on any atom is 0.410 e. The van der Waals surface area contributed by atoms with Crippen molar-refractivity contribution in [3.05, 3.63) is 48.4 Å². The second-order valence-electron chi connectivity index (χ2n) is 10.2. The second kappa shape index (κ2) is 9.81. The fraction of sp³-hybridized carbons (Fsp3) is 0.370. The molecule has 11 nitrogen and oxygen atoms in total. The molecule has 4 aromatic rings. The van der Waals surface area contributed by atoms with Crippen molar-refractivity contribution in [1.29, 1.82) is 0 Å². The summed E-state index contributed by atoms with van der Waals surface area (Å²) in [6.45, 7) is 6.81. The highest BCUT2D eigenvalue weighted by molar-refractivity contribution is 6.01. The van der Waals surface area contributed by atoms with Gasteiger partial charge in [-0.05, 0) is 51.8 Å². The van der Waals surface area contributed by atoms with Gasteiger partial charge in [-0.15, -0.1) is 0 Å². The van der Waals surface area contributed by atoms with Gasteiger partial charge in [0.1, 0.15) is 22.5 Å². The van der Waals surface area contributed by atoms with Crippen LogP contribution in [0.5, 0.6) is 0 Å². The third-order valence-corrected chi connectivity index (χ3v) is 6.39. The predicted octanol–water partition coefficient (Wildman–Crippen LogP) is 4.69. The molecule has 1 amide bonds. The van der Waals surface area contributed by atoms with Crippen molar-refractivity contribution >= 4 is 29.0 Å². The summed E-state index contributed by atoms with van der Waals surface area (Å²) in [7, 11) is 1.31. The van der Waals surface area contributed by atoms with Crippen molar-refractivity contribution in [2.45, 2.75) is 45.3 Å². The number of para-hydroxylation sites is 1. The molecule has 4 heterocycles. The van der Waals surface area contributed by atoms with Crippen molar-refractivity contribution in [1.82, 2.24) is 24.6 Å². The quantitative estimate of drug-likeness (QED) is 0.381. The van der Waals surface area contributed by atoms with Crippen LogP contribution in [0.25, 0.3) is 33.7 Å². The molecule has 0 bridgehead atoms. The second-order valence-corrected chi connectivity index (χ2v) is 10.2. The molecular formula is C27H30N6O5. The molecule has 1 fully saturated rings. The Kier molecular flexibility index (Phi) is 6.52. The molecule has 1 aromatic carbocycles. The van der Waals surface area contributed by atoms with Crippen molar-refractivity contribution < 1.29 is 23.5 Å². The van der Waals surface area contributed by atoms with Crippen LogP contribution in [-0.2, 0) is 9.47 Å². The SMILES string of the molecule is COC(=O)c1cccc2nc(-c3cc(-c4cnn(C5CCN(C(=O)OC(C)(C)C)CC5)c4)cnc3N)oc12. The number of pyridine rings is 1. The highest BCUT2D eigenvalue weighted by Gasteiger charge is 2.28. The summed E-state index contributed by atoms with van der Waals surface area (Å²) in [5.74, 6) is -0.00516. The number of hydrogen-bond acceptors (Lipinski definition) is 9. The van der Waals surface area contributed by atoms with E-state index in [1.54, 1.807) is 35.5 Å². The highest BCUT2D eigenvalue weighted by atomic mass is 16.6. The van der Waals surface area contributed by atoms with Crippen LogP contribution in [0.1, 0.15) is 50.0 Å². The summed E-state index contributed by atoms with van der Waals surface area (Å²) in [5, 5.41) is 4.58. The smallest absolute Gasteiger partial charge is 0.410 e. The van der Waals surface area contributed by atoms with E-state index in [1.165, 1.54) is 7.11 Å². The van der Waals surface area contributed by atoms with Crippen LogP contribution in [-0.4, -0.2) is 62.5 Å². The Bertz CT molecular complexity index is 1490. The van der Waals surface area contributed by atoms with Crippen LogP contribution in [0.3, 0.4) is 0 Å². The number of nitrogens with zero attached hydrogens (tertiary/aromatic N) is 5. The number of hydrogen-bond donors (Lipinski definition) is 1. The maximum absolute atomic E-state index is 12.4. The number of anilines is 1. The zero-order valence-electron chi connectivity index (χ0n) is 21.8. The number of benzene rings is 1. The van der Waals surface area contributed by atoms with Crippen LogP contribution >= 0.6 is 0 Å². The average Bonchev–Trinajstić information content (AvgIpc) is 3.55. The molecule has 198 valence electrons. The number of rotatable bonds is 4. The Hall–Kier alpha value is -4.41. The van der Waals surface area contributed by atoms with E-state index < -0.39 is 11.6 Å². The lowest BCUT2D eigenvalue weighted by atomic mass is 10.1. The number of carbonyl (C=O) groups is 2. The topological polar surface area (TPSA) is 139 Å². The summed E-state index contributed by atoms with van der Waals surface area (Å²) in [5.41, 5.74) is 8.94. The molecule has 5 rings (SSSR count). The minimum Gasteiger partial charge on any atom is -0.465 e. The largest absolute Gasteiger partial charge is 0.465 e. The molecule has 3 aromatic heterocycles. The average molecular weight is 519 g/mol. The fourth-order valence-electron chi connectivity index (χ4n) is 4.47. The van der Waals surface area contributed by atoms with Crippen molar-refractivity contribution in [2.24, 2.45) is 0 Å². The molecule has 0 aliphatic carbocycles. The third-order valence-electron chi connectivity index (χ3n) is 6.39. The van der Waals surface area contributed by atoms with Gasteiger partial charge in [0.15, 0.2) is 5.58 Å². The van der Waals surface area contributed by atoms with Gasteiger partial charge in [-0.2, -0.15) is 5.10 Å². The van der Waals surface area contributed by atoms with E-state index in [2.05, 4.69) is 15.1 Å². The van der Waals surface area contributed by atoms with Gasteiger partial charge in [-0.25, -0.2) is 19.6 Å². The number of ether oxygens (including phenoxy) is 2. The molecule has 2 N–H and O–H groups in total. The first-order chi connectivity index (χ1) is 18.1. The van der Waals surface area contributed by atoms with Gasteiger partial charge in [-0.1, -0.05) is 6.07 Å². The molecule has 38 heavy (non-hydrogen) atoms. The fourth-order valence-corrected chi connectivity index (χ4v) is 4.47. The van der Waals surface area contributed by atoms with E-state index in [4.69, 9.17) is 19.6 Å². The van der Waals surface area contributed by atoms with Crippen molar-refractivity contribution in [2.75, 3.05) is 25.9 Å². The summed E-state index contributed by atoms with van der Waals surface area (Å²) < 4.78 is 18.2. The van der Waals surface area contributed by atoms with Gasteiger partial charge in [0, 0.05) is 36.6 Å². The molecule has 0 unspecified atom stereocenters. The lowest BCUT2D eigenvalue weighted by molar-refractivity contribution is 0.0184. The van der Waals surface area contributed by atoms with Gasteiger partial charge in [-0.3, -0.25) is 4.68 Å². The predicted molar refractivity (Wildman–Crippen MR) is 140 cm³/mol. The van der Waals surface area contributed by atoms with E-state index in [0.29, 0.717) is 29.8 Å². The van der Waals surface area contributed by atoms with Gasteiger partial charge in [0.25, 0.3) is 0 Å². The Balaban J connectivity index is 1.35. The lowest BCUT2D eigenvalue weighted by Gasteiger charge is -2.33. The van der Waals surface area contributed by atoms with E-state index in [0.717, 1.165) is 24.0 Å². The molecule has 0 atom stereocenters. The van der Waals surface area contributed by atoms with Crippen LogP contribution < -0.4 is 5.73 Å². The first-order valence-electron chi connectivity index (χ1n) is 12.4. The maximum atomic E-state index is 12.4. The molecule has 0 spiro atoms. The zero-order valence-corrected chi connectivity index (χ0v) is 21.8. The molecule has 0 saturated carbocycles.